The maximum absolute atomic E-state index is 12.0. The molecule has 0 aliphatic carbocycles. The number of hydrogen-bond donors (Lipinski definition) is 1. The smallest absolute Gasteiger partial charge is 0.337 e. The first-order valence-corrected chi connectivity index (χ1v) is 6.66. The van der Waals surface area contributed by atoms with E-state index in [1.165, 1.54) is 38.5 Å². The summed E-state index contributed by atoms with van der Waals surface area (Å²) in [6, 6.07) is 12.2. The van der Waals surface area contributed by atoms with Crippen molar-refractivity contribution in [3.05, 3.63) is 64.6 Å². The van der Waals surface area contributed by atoms with Crippen molar-refractivity contribution in [1.29, 1.82) is 0 Å². The second kappa shape index (κ2) is 7.17. The zero-order chi connectivity index (χ0) is 16.8. The maximum atomic E-state index is 12.0. The van der Waals surface area contributed by atoms with Crippen molar-refractivity contribution in [1.82, 2.24) is 0 Å². The number of esters is 2. The van der Waals surface area contributed by atoms with Crippen LogP contribution in [0.5, 0.6) is 0 Å². The number of carbonyl (C=O) groups excluding carboxylic acids is 2. The lowest BCUT2D eigenvalue weighted by Crippen LogP contribution is -2.11. The Morgan fingerprint density at radius 3 is 1.70 bits per heavy atom. The first-order chi connectivity index (χ1) is 11.0. The number of carbonyl (C=O) groups is 2. The first-order valence-electron chi connectivity index (χ1n) is 6.66. The predicted octanol–water partition coefficient (Wildman–Crippen LogP) is 2.70. The van der Waals surface area contributed by atoms with Crippen molar-refractivity contribution in [2.75, 3.05) is 19.6 Å². The fraction of sp³-hybridized carbons (Fsp3) is 0.125. The van der Waals surface area contributed by atoms with Crippen LogP contribution in [0, 0.1) is 4.91 Å². The summed E-state index contributed by atoms with van der Waals surface area (Å²) in [6.45, 7) is 0. The van der Waals surface area contributed by atoms with Gasteiger partial charge in [-0.2, -0.15) is 0 Å². The predicted molar refractivity (Wildman–Crippen MR) is 82.5 cm³/mol. The van der Waals surface area contributed by atoms with Gasteiger partial charge in [-0.1, -0.05) is 0 Å². The summed E-state index contributed by atoms with van der Waals surface area (Å²) in [7, 11) is 2.58. The topological polar surface area (TPSA) is 84.7 Å². The molecule has 0 atom stereocenters. The van der Waals surface area contributed by atoms with Gasteiger partial charge in [-0.3, -0.25) is 0 Å². The van der Waals surface area contributed by atoms with Gasteiger partial charge < -0.3 is 9.47 Å². The summed E-state index contributed by atoms with van der Waals surface area (Å²) in [5, 5.41) is 0. The summed E-state index contributed by atoms with van der Waals surface area (Å²) in [5.74, 6) is -0.922. The number of nitrogens with one attached hydrogen (secondary N) is 1. The molecule has 0 saturated carbocycles. The van der Waals surface area contributed by atoms with Crippen LogP contribution in [0.2, 0.25) is 0 Å². The molecule has 23 heavy (non-hydrogen) atoms. The average Bonchev–Trinajstić information content (AvgIpc) is 2.61. The number of anilines is 1. The van der Waals surface area contributed by atoms with Crippen molar-refractivity contribution in [2.45, 2.75) is 0 Å². The molecule has 0 bridgehead atoms. The second-order valence-corrected chi connectivity index (χ2v) is 4.51. The Morgan fingerprint density at radius 2 is 1.26 bits per heavy atom. The zero-order valence-corrected chi connectivity index (χ0v) is 12.6. The third-order valence-corrected chi connectivity index (χ3v) is 3.06. The zero-order valence-electron chi connectivity index (χ0n) is 12.6. The monoisotopic (exact) mass is 315 g/mol. The molecule has 2 aromatic rings. The number of methoxy groups -OCH3 is 2. The van der Waals surface area contributed by atoms with Gasteiger partial charge in [0.2, 0.25) is 0 Å². The van der Waals surface area contributed by atoms with Gasteiger partial charge >= 0.3 is 11.9 Å². The van der Waals surface area contributed by atoms with Crippen molar-refractivity contribution in [2.24, 2.45) is 0 Å². The van der Waals surface area contributed by atoms with E-state index in [1.807, 2.05) is 0 Å². The van der Waals surface area contributed by atoms with Gasteiger partial charge in [-0.25, -0.2) is 9.59 Å². The molecular weight excluding hydrogens is 300 g/mol. The van der Waals surface area contributed by atoms with Gasteiger partial charge in [-0.05, 0) is 36.4 Å². The largest absolute Gasteiger partial charge is 0.465 e. The summed E-state index contributed by atoms with van der Waals surface area (Å²) >= 11 is 0. The molecule has 0 fully saturated rings. The molecule has 0 amide bonds. The van der Waals surface area contributed by atoms with E-state index in [9.17, 15) is 14.5 Å². The lowest BCUT2D eigenvalue weighted by Gasteiger charge is -2.01. The Hall–Kier alpha value is -3.22. The van der Waals surface area contributed by atoms with Crippen LogP contribution in [0.1, 0.15) is 20.7 Å². The van der Waals surface area contributed by atoms with Crippen LogP contribution in [-0.4, -0.2) is 31.0 Å². The molecule has 2 aromatic carbocycles. The average molecular weight is 315 g/mol. The van der Waals surface area contributed by atoms with Crippen LogP contribution in [0.25, 0.3) is 0 Å². The Morgan fingerprint density at radius 1 is 0.826 bits per heavy atom. The highest BCUT2D eigenvalue weighted by Crippen LogP contribution is 2.16. The molecule has 7 nitrogen and oxygen atoms in total. The lowest BCUT2D eigenvalue weighted by atomic mass is 10.2. The molecule has 0 aromatic heterocycles. The van der Waals surface area contributed by atoms with E-state index < -0.39 is 11.9 Å². The van der Waals surface area contributed by atoms with Crippen LogP contribution in [-0.2, 0) is 9.47 Å². The standard InChI is InChI=1S/C16H14N2O5/c1-22-15(19)11-3-7-13(8-4-11)17-18(21)14-9-5-12(6-10-14)16(20)23-2/h3-10H,1-2H3/p+1. The molecule has 118 valence electrons. The molecule has 7 heteroatoms. The number of nitrogens with zero attached hydrogens (tertiary/aromatic N) is 1. The summed E-state index contributed by atoms with van der Waals surface area (Å²) in [6.07, 6.45) is 0. The number of hydrogen-bond acceptors (Lipinski definition) is 5. The van der Waals surface area contributed by atoms with E-state index >= 15 is 0 Å². The fourth-order valence-corrected chi connectivity index (χ4v) is 1.83. The van der Waals surface area contributed by atoms with Crippen LogP contribution < -0.4 is 5.43 Å². The number of benzene rings is 2. The molecule has 0 aliphatic rings. The van der Waals surface area contributed by atoms with Crippen molar-refractivity contribution in [3.63, 3.8) is 0 Å². The van der Waals surface area contributed by atoms with E-state index in [-0.39, 0.29) is 0 Å². The Bertz CT molecular complexity index is 723. The highest BCUT2D eigenvalue weighted by atomic mass is 16.5. The third kappa shape index (κ3) is 3.91. The van der Waals surface area contributed by atoms with Gasteiger partial charge in [0.25, 0.3) is 5.69 Å². The van der Waals surface area contributed by atoms with Gasteiger partial charge in [0.15, 0.2) is 4.87 Å². The number of rotatable bonds is 5. The van der Waals surface area contributed by atoms with Gasteiger partial charge in [-0.15, -0.1) is 5.43 Å². The highest BCUT2D eigenvalue weighted by molar-refractivity contribution is 5.90. The van der Waals surface area contributed by atoms with Crippen molar-refractivity contribution >= 4 is 23.3 Å². The minimum Gasteiger partial charge on any atom is -0.465 e. The van der Waals surface area contributed by atoms with Crippen LogP contribution in [0.3, 0.4) is 0 Å². The quantitative estimate of drug-likeness (QED) is 0.519. The minimum atomic E-state index is -0.472. The number of nitroso groups, excluding NO2 is 1. The SMILES string of the molecule is COC(=O)c1ccc(N[N+](=O)c2ccc(C(=O)OC)cc2)cc1. The van der Waals surface area contributed by atoms with Crippen molar-refractivity contribution in [3.8, 4) is 0 Å². The molecule has 1 N–H and O–H groups in total. The van der Waals surface area contributed by atoms with E-state index in [4.69, 9.17) is 0 Å². The molecular formula is C16H15N2O5+. The molecule has 0 saturated heterocycles. The van der Waals surface area contributed by atoms with Crippen LogP contribution >= 0.6 is 0 Å². The fourth-order valence-electron chi connectivity index (χ4n) is 1.83. The third-order valence-electron chi connectivity index (χ3n) is 3.06. The lowest BCUT2D eigenvalue weighted by molar-refractivity contribution is -0.427. The van der Waals surface area contributed by atoms with Gasteiger partial charge in [0, 0.05) is 12.1 Å². The number of hydrazine groups is 1. The minimum absolute atomic E-state index is 0.315. The van der Waals surface area contributed by atoms with Crippen LogP contribution in [0.4, 0.5) is 11.4 Å². The number of ether oxygens (including phenoxy) is 2. The normalized spacial score (nSPS) is 9.83. The van der Waals surface area contributed by atoms with E-state index in [2.05, 4.69) is 14.9 Å². The molecule has 0 heterocycles. The second-order valence-electron chi connectivity index (χ2n) is 4.51. The summed E-state index contributed by atoms with van der Waals surface area (Å²) < 4.78 is 9.18. The first kappa shape index (κ1) is 16.2. The maximum Gasteiger partial charge on any atom is 0.337 e. The van der Waals surface area contributed by atoms with E-state index in [0.29, 0.717) is 27.4 Å². The highest BCUT2D eigenvalue weighted by Gasteiger charge is 2.16. The Labute approximate surface area is 132 Å². The summed E-state index contributed by atoms with van der Waals surface area (Å²) in [5.41, 5.74) is 4.17. The molecule has 2 rings (SSSR count). The van der Waals surface area contributed by atoms with Gasteiger partial charge in [0.1, 0.15) is 5.69 Å². The van der Waals surface area contributed by atoms with Gasteiger partial charge in [0.05, 0.1) is 30.3 Å². The Balaban J connectivity index is 2.06. The molecule has 0 aliphatic heterocycles. The Kier molecular flexibility index (Phi) is 5.03. The van der Waals surface area contributed by atoms with Crippen LogP contribution in [0.15, 0.2) is 48.5 Å². The molecule has 0 spiro atoms. The van der Waals surface area contributed by atoms with Crippen molar-refractivity contribution < 1.29 is 23.9 Å². The van der Waals surface area contributed by atoms with E-state index in [1.54, 1.807) is 24.3 Å². The molecule has 0 unspecified atom stereocenters. The molecule has 0 radical (unpaired) electrons. The summed E-state index contributed by atoms with van der Waals surface area (Å²) in [4.78, 5) is 35.2. The van der Waals surface area contributed by atoms with E-state index in [0.717, 1.165) is 0 Å².